The zero-order chi connectivity index (χ0) is 14.0. The van der Waals surface area contributed by atoms with Gasteiger partial charge < -0.3 is 15.5 Å². The van der Waals surface area contributed by atoms with Crippen molar-refractivity contribution in [1.82, 2.24) is 4.90 Å². The highest BCUT2D eigenvalue weighted by atomic mass is 79.9. The van der Waals surface area contributed by atoms with E-state index in [-0.39, 0.29) is 5.84 Å². The monoisotopic (exact) mass is 324 g/mol. The van der Waals surface area contributed by atoms with Gasteiger partial charge in [-0.1, -0.05) is 6.07 Å². The highest BCUT2D eigenvalue weighted by Gasteiger charge is 2.23. The summed E-state index contributed by atoms with van der Waals surface area (Å²) >= 11 is 3.49. The molecule has 0 amide bonds. The SMILES string of the molecule is CN1CCCC(N(C)c2cccc(Br)c2C(=N)N)C1. The Kier molecular flexibility index (Phi) is 4.47. The molecule has 0 spiro atoms. The quantitative estimate of drug-likeness (QED) is 0.662. The summed E-state index contributed by atoms with van der Waals surface area (Å²) in [4.78, 5) is 4.62. The van der Waals surface area contributed by atoms with Crippen molar-refractivity contribution in [1.29, 1.82) is 5.41 Å². The van der Waals surface area contributed by atoms with E-state index in [1.165, 1.54) is 19.4 Å². The van der Waals surface area contributed by atoms with Crippen molar-refractivity contribution in [2.45, 2.75) is 18.9 Å². The number of nitrogen functional groups attached to an aromatic ring is 1. The summed E-state index contributed by atoms with van der Waals surface area (Å²) in [5, 5.41) is 7.77. The molecule has 1 fully saturated rings. The molecule has 5 heteroatoms. The van der Waals surface area contributed by atoms with E-state index in [0.29, 0.717) is 6.04 Å². The molecule has 2 rings (SSSR count). The Balaban J connectivity index is 2.30. The van der Waals surface area contributed by atoms with Crippen LogP contribution < -0.4 is 10.6 Å². The molecule has 0 radical (unpaired) electrons. The lowest BCUT2D eigenvalue weighted by molar-refractivity contribution is 0.248. The lowest BCUT2D eigenvalue weighted by atomic mass is 10.0. The third-order valence-corrected chi connectivity index (χ3v) is 4.45. The number of hydrogen-bond acceptors (Lipinski definition) is 3. The summed E-state index contributed by atoms with van der Waals surface area (Å²) in [6, 6.07) is 6.44. The van der Waals surface area contributed by atoms with Crippen LogP contribution in [0, 0.1) is 5.41 Å². The predicted octanol–water partition coefficient (Wildman–Crippen LogP) is 2.26. The van der Waals surface area contributed by atoms with Gasteiger partial charge in [-0.05, 0) is 54.5 Å². The van der Waals surface area contributed by atoms with E-state index in [4.69, 9.17) is 11.1 Å². The van der Waals surface area contributed by atoms with Crippen LogP contribution in [0.3, 0.4) is 0 Å². The maximum atomic E-state index is 7.77. The van der Waals surface area contributed by atoms with Crippen molar-refractivity contribution in [2.75, 3.05) is 32.1 Å². The van der Waals surface area contributed by atoms with Crippen LogP contribution in [0.4, 0.5) is 5.69 Å². The summed E-state index contributed by atoms with van der Waals surface area (Å²) in [6.45, 7) is 2.22. The van der Waals surface area contributed by atoms with E-state index in [2.05, 4.69) is 39.8 Å². The van der Waals surface area contributed by atoms with Gasteiger partial charge in [0.2, 0.25) is 0 Å². The van der Waals surface area contributed by atoms with Crippen molar-refractivity contribution < 1.29 is 0 Å². The van der Waals surface area contributed by atoms with E-state index in [0.717, 1.165) is 22.3 Å². The van der Waals surface area contributed by atoms with Crippen LogP contribution in [0.15, 0.2) is 22.7 Å². The molecule has 0 saturated carbocycles. The molecule has 0 bridgehead atoms. The van der Waals surface area contributed by atoms with E-state index in [9.17, 15) is 0 Å². The normalized spacial score (nSPS) is 20.3. The van der Waals surface area contributed by atoms with Gasteiger partial charge in [-0.3, -0.25) is 5.41 Å². The Morgan fingerprint density at radius 1 is 1.53 bits per heavy atom. The summed E-state index contributed by atoms with van der Waals surface area (Å²) in [5.41, 5.74) is 7.55. The van der Waals surface area contributed by atoms with Crippen LogP contribution >= 0.6 is 15.9 Å². The lowest BCUT2D eigenvalue weighted by Gasteiger charge is -2.38. The van der Waals surface area contributed by atoms with E-state index in [1.54, 1.807) is 0 Å². The zero-order valence-electron chi connectivity index (χ0n) is 11.5. The zero-order valence-corrected chi connectivity index (χ0v) is 13.1. The smallest absolute Gasteiger partial charge is 0.126 e. The van der Waals surface area contributed by atoms with E-state index in [1.807, 2.05) is 18.2 Å². The Labute approximate surface area is 123 Å². The standard InChI is InChI=1S/C14H21BrN4/c1-18-8-4-5-10(9-18)19(2)12-7-3-6-11(15)13(12)14(16)17/h3,6-7,10H,4-5,8-9H2,1-2H3,(H3,16,17). The molecule has 1 aliphatic rings. The number of hydrogen-bond donors (Lipinski definition) is 2. The van der Waals surface area contributed by atoms with Gasteiger partial charge in [-0.15, -0.1) is 0 Å². The molecule has 1 aliphatic heterocycles. The third kappa shape index (κ3) is 3.09. The number of benzene rings is 1. The van der Waals surface area contributed by atoms with Crippen LogP contribution in [0.1, 0.15) is 18.4 Å². The molecule has 3 N–H and O–H groups in total. The van der Waals surface area contributed by atoms with Crippen molar-refractivity contribution >= 4 is 27.5 Å². The summed E-state index contributed by atoms with van der Waals surface area (Å²) in [7, 11) is 4.25. The number of nitrogens with two attached hydrogens (primary N) is 1. The molecule has 1 atom stereocenters. The summed E-state index contributed by atoms with van der Waals surface area (Å²) in [5.74, 6) is 0.110. The Morgan fingerprint density at radius 2 is 2.26 bits per heavy atom. The fourth-order valence-corrected chi connectivity index (χ4v) is 3.29. The van der Waals surface area contributed by atoms with Crippen LogP contribution in [-0.4, -0.2) is 44.0 Å². The highest BCUT2D eigenvalue weighted by molar-refractivity contribution is 9.10. The Hall–Kier alpha value is -1.07. The maximum absolute atomic E-state index is 7.77. The average Bonchev–Trinajstić information content (AvgIpc) is 2.37. The van der Waals surface area contributed by atoms with Gasteiger partial charge in [0.1, 0.15) is 5.84 Å². The summed E-state index contributed by atoms with van der Waals surface area (Å²) in [6.07, 6.45) is 2.40. The van der Waals surface area contributed by atoms with E-state index < -0.39 is 0 Å². The van der Waals surface area contributed by atoms with Gasteiger partial charge in [0.05, 0.1) is 5.56 Å². The molecule has 0 aliphatic carbocycles. The first-order valence-electron chi connectivity index (χ1n) is 6.55. The molecule has 104 valence electrons. The number of amidine groups is 1. The van der Waals surface area contributed by atoms with Gasteiger partial charge >= 0.3 is 0 Å². The lowest BCUT2D eigenvalue weighted by Crippen LogP contribution is -2.45. The fraction of sp³-hybridized carbons (Fsp3) is 0.500. The minimum Gasteiger partial charge on any atom is -0.384 e. The first-order chi connectivity index (χ1) is 9.00. The average molecular weight is 325 g/mol. The first-order valence-corrected chi connectivity index (χ1v) is 7.34. The van der Waals surface area contributed by atoms with Crippen molar-refractivity contribution in [2.24, 2.45) is 5.73 Å². The van der Waals surface area contributed by atoms with Crippen molar-refractivity contribution in [3.8, 4) is 0 Å². The van der Waals surface area contributed by atoms with Crippen LogP contribution in [0.2, 0.25) is 0 Å². The predicted molar refractivity (Wildman–Crippen MR) is 84.1 cm³/mol. The minimum atomic E-state index is 0.110. The second kappa shape index (κ2) is 5.92. The molecule has 1 saturated heterocycles. The van der Waals surface area contributed by atoms with Gasteiger partial charge in [0.15, 0.2) is 0 Å². The largest absolute Gasteiger partial charge is 0.384 e. The van der Waals surface area contributed by atoms with Gasteiger partial charge in [-0.2, -0.15) is 0 Å². The number of nitrogens with one attached hydrogen (secondary N) is 1. The van der Waals surface area contributed by atoms with Crippen LogP contribution in [0.5, 0.6) is 0 Å². The minimum absolute atomic E-state index is 0.110. The molecule has 1 heterocycles. The molecule has 1 unspecified atom stereocenters. The van der Waals surface area contributed by atoms with Crippen LogP contribution in [0.25, 0.3) is 0 Å². The maximum Gasteiger partial charge on any atom is 0.126 e. The Morgan fingerprint density at radius 3 is 2.89 bits per heavy atom. The Bertz CT molecular complexity index is 475. The molecule has 19 heavy (non-hydrogen) atoms. The number of likely N-dealkylation sites (N-methyl/N-ethyl adjacent to an activating group) is 2. The molecular formula is C14H21BrN4. The fourth-order valence-electron chi connectivity index (χ4n) is 2.73. The van der Waals surface area contributed by atoms with Gasteiger partial charge in [-0.25, -0.2) is 0 Å². The topological polar surface area (TPSA) is 56.4 Å². The number of halogens is 1. The van der Waals surface area contributed by atoms with Crippen molar-refractivity contribution in [3.05, 3.63) is 28.2 Å². The second-order valence-corrected chi connectivity index (χ2v) is 6.07. The molecular weight excluding hydrogens is 304 g/mol. The summed E-state index contributed by atoms with van der Waals surface area (Å²) < 4.78 is 0.883. The molecule has 1 aromatic rings. The number of piperidine rings is 1. The third-order valence-electron chi connectivity index (χ3n) is 3.79. The highest BCUT2D eigenvalue weighted by Crippen LogP contribution is 2.29. The molecule has 1 aromatic carbocycles. The first kappa shape index (κ1) is 14.3. The number of anilines is 1. The van der Waals surface area contributed by atoms with E-state index >= 15 is 0 Å². The van der Waals surface area contributed by atoms with Crippen LogP contribution in [-0.2, 0) is 0 Å². The van der Waals surface area contributed by atoms with Gasteiger partial charge in [0.25, 0.3) is 0 Å². The second-order valence-electron chi connectivity index (χ2n) is 5.22. The molecule has 4 nitrogen and oxygen atoms in total. The van der Waals surface area contributed by atoms with Crippen molar-refractivity contribution in [3.63, 3.8) is 0 Å². The number of rotatable bonds is 3. The van der Waals surface area contributed by atoms with Gasteiger partial charge in [0, 0.05) is 29.8 Å². The number of nitrogens with zero attached hydrogens (tertiary/aromatic N) is 2. The molecule has 0 aromatic heterocycles. The number of likely N-dealkylation sites (tertiary alicyclic amines) is 1.